The summed E-state index contributed by atoms with van der Waals surface area (Å²) in [6.45, 7) is 6.27. The summed E-state index contributed by atoms with van der Waals surface area (Å²) < 4.78 is 5.41. The Bertz CT molecular complexity index is 409. The maximum absolute atomic E-state index is 9.68. The largest absolute Gasteiger partial charge is 0.491 e. The Morgan fingerprint density at radius 1 is 1.50 bits per heavy atom. The van der Waals surface area contributed by atoms with Crippen molar-refractivity contribution < 1.29 is 9.84 Å². The fraction of sp³-hybridized carbons (Fsp3) is 0.357. The molecular formula is C14H18N2O2. The number of aliphatic hydroxyl groups excluding tert-OH is 1. The van der Waals surface area contributed by atoms with Gasteiger partial charge in [-0.25, -0.2) is 0 Å². The molecule has 0 fully saturated rings. The fourth-order valence-corrected chi connectivity index (χ4v) is 1.28. The van der Waals surface area contributed by atoms with Gasteiger partial charge in [-0.2, -0.15) is 5.26 Å². The number of hydrogen-bond acceptors (Lipinski definition) is 4. The Hall–Kier alpha value is -1.83. The summed E-state index contributed by atoms with van der Waals surface area (Å²) in [4.78, 5) is 0. The van der Waals surface area contributed by atoms with Crippen LogP contribution in [-0.4, -0.2) is 30.4 Å². The van der Waals surface area contributed by atoms with Gasteiger partial charge in [0.05, 0.1) is 11.6 Å². The number of nitrogens with zero attached hydrogens (tertiary/aromatic N) is 1. The van der Waals surface area contributed by atoms with Crippen LogP contribution in [0.2, 0.25) is 0 Å². The Morgan fingerprint density at radius 3 is 2.72 bits per heavy atom. The van der Waals surface area contributed by atoms with Crippen LogP contribution in [0, 0.1) is 11.3 Å². The molecule has 0 aromatic heterocycles. The highest BCUT2D eigenvalue weighted by Crippen LogP contribution is 2.11. The van der Waals surface area contributed by atoms with E-state index in [4.69, 9.17) is 10.00 Å². The minimum absolute atomic E-state index is 0.162. The van der Waals surface area contributed by atoms with Gasteiger partial charge in [-0.15, -0.1) is 6.58 Å². The molecule has 2 N–H and O–H groups in total. The fourth-order valence-electron chi connectivity index (χ4n) is 1.28. The summed E-state index contributed by atoms with van der Waals surface area (Å²) in [5, 5.41) is 21.4. The molecule has 1 rings (SSSR count). The van der Waals surface area contributed by atoms with Crippen molar-refractivity contribution in [3.05, 3.63) is 42.5 Å². The normalized spacial score (nSPS) is 13.4. The van der Waals surface area contributed by atoms with Crippen molar-refractivity contribution in [2.24, 2.45) is 0 Å². The molecule has 0 aliphatic carbocycles. The van der Waals surface area contributed by atoms with E-state index in [0.29, 0.717) is 17.9 Å². The van der Waals surface area contributed by atoms with E-state index in [2.05, 4.69) is 11.9 Å². The summed E-state index contributed by atoms with van der Waals surface area (Å²) in [6.07, 6.45) is 1.19. The molecule has 2 unspecified atom stereocenters. The first-order valence-corrected chi connectivity index (χ1v) is 5.82. The summed E-state index contributed by atoms with van der Waals surface area (Å²) in [7, 11) is 0. The Balaban J connectivity index is 2.31. The molecule has 18 heavy (non-hydrogen) atoms. The van der Waals surface area contributed by atoms with Crippen molar-refractivity contribution in [3.8, 4) is 11.8 Å². The number of aliphatic hydroxyl groups is 1. The lowest BCUT2D eigenvalue weighted by molar-refractivity contribution is 0.105. The smallest absolute Gasteiger partial charge is 0.119 e. The lowest BCUT2D eigenvalue weighted by atomic mass is 10.2. The third-order valence-electron chi connectivity index (χ3n) is 2.45. The first-order chi connectivity index (χ1) is 8.65. The highest BCUT2D eigenvalue weighted by molar-refractivity contribution is 5.34. The molecule has 0 radical (unpaired) electrons. The van der Waals surface area contributed by atoms with Crippen LogP contribution >= 0.6 is 0 Å². The zero-order chi connectivity index (χ0) is 13.4. The van der Waals surface area contributed by atoms with Crippen molar-refractivity contribution in [2.45, 2.75) is 19.1 Å². The number of hydrogen-bond donors (Lipinski definition) is 2. The highest BCUT2D eigenvalue weighted by atomic mass is 16.5. The summed E-state index contributed by atoms with van der Waals surface area (Å²) >= 11 is 0. The van der Waals surface area contributed by atoms with Gasteiger partial charge in [0, 0.05) is 12.6 Å². The zero-order valence-electron chi connectivity index (χ0n) is 10.5. The van der Waals surface area contributed by atoms with Crippen LogP contribution in [0.25, 0.3) is 0 Å². The molecule has 1 aromatic carbocycles. The molecule has 0 spiro atoms. The molecule has 0 heterocycles. The minimum atomic E-state index is -0.581. The van der Waals surface area contributed by atoms with E-state index in [1.807, 2.05) is 13.0 Å². The van der Waals surface area contributed by atoms with Gasteiger partial charge < -0.3 is 15.2 Å². The monoisotopic (exact) mass is 246 g/mol. The topological polar surface area (TPSA) is 65.3 Å². The Labute approximate surface area is 108 Å². The maximum atomic E-state index is 9.68. The van der Waals surface area contributed by atoms with Crippen molar-refractivity contribution in [3.63, 3.8) is 0 Å². The van der Waals surface area contributed by atoms with E-state index in [1.165, 1.54) is 0 Å². The predicted octanol–water partition coefficient (Wildman–Crippen LogP) is 1.46. The first-order valence-electron chi connectivity index (χ1n) is 5.82. The summed E-state index contributed by atoms with van der Waals surface area (Å²) in [5.41, 5.74) is 0.587. The summed E-state index contributed by atoms with van der Waals surface area (Å²) in [5.74, 6) is 0.643. The van der Waals surface area contributed by atoms with E-state index in [1.54, 1.807) is 30.3 Å². The molecule has 96 valence electrons. The van der Waals surface area contributed by atoms with Crippen LogP contribution in [0.4, 0.5) is 0 Å². The van der Waals surface area contributed by atoms with Gasteiger partial charge >= 0.3 is 0 Å². The van der Waals surface area contributed by atoms with Crippen LogP contribution in [0.5, 0.6) is 5.75 Å². The molecular weight excluding hydrogens is 228 g/mol. The predicted molar refractivity (Wildman–Crippen MR) is 70.3 cm³/mol. The van der Waals surface area contributed by atoms with E-state index in [9.17, 15) is 5.11 Å². The second kappa shape index (κ2) is 7.49. The number of ether oxygens (including phenoxy) is 1. The van der Waals surface area contributed by atoms with Gasteiger partial charge in [-0.1, -0.05) is 6.08 Å². The van der Waals surface area contributed by atoms with Crippen molar-refractivity contribution in [1.29, 1.82) is 5.26 Å². The molecule has 4 nitrogen and oxygen atoms in total. The van der Waals surface area contributed by atoms with Gasteiger partial charge in [-0.05, 0) is 31.2 Å². The third-order valence-corrected chi connectivity index (χ3v) is 2.45. The number of nitrogens with one attached hydrogen (secondary N) is 1. The van der Waals surface area contributed by atoms with Crippen LogP contribution in [0.1, 0.15) is 12.5 Å². The van der Waals surface area contributed by atoms with Gasteiger partial charge in [0.1, 0.15) is 18.5 Å². The summed E-state index contributed by atoms with van der Waals surface area (Å²) in [6, 6.07) is 8.98. The lowest BCUT2D eigenvalue weighted by Crippen LogP contribution is -2.35. The molecule has 0 aliphatic heterocycles. The number of rotatable bonds is 7. The van der Waals surface area contributed by atoms with Gasteiger partial charge in [-0.3, -0.25) is 0 Å². The molecule has 0 saturated heterocycles. The maximum Gasteiger partial charge on any atom is 0.119 e. The Morgan fingerprint density at radius 2 is 2.17 bits per heavy atom. The van der Waals surface area contributed by atoms with Crippen LogP contribution < -0.4 is 10.1 Å². The van der Waals surface area contributed by atoms with E-state index < -0.39 is 6.10 Å². The van der Waals surface area contributed by atoms with E-state index in [0.717, 1.165) is 0 Å². The average Bonchev–Trinajstić information content (AvgIpc) is 2.42. The lowest BCUT2D eigenvalue weighted by Gasteiger charge is -2.15. The van der Waals surface area contributed by atoms with E-state index in [-0.39, 0.29) is 12.6 Å². The highest BCUT2D eigenvalue weighted by Gasteiger charge is 2.06. The number of nitriles is 1. The van der Waals surface area contributed by atoms with Gasteiger partial charge in [0.15, 0.2) is 0 Å². The van der Waals surface area contributed by atoms with Crippen molar-refractivity contribution >= 4 is 0 Å². The Kier molecular flexibility index (Phi) is 5.92. The zero-order valence-corrected chi connectivity index (χ0v) is 10.5. The van der Waals surface area contributed by atoms with Crippen molar-refractivity contribution in [2.75, 3.05) is 13.2 Å². The van der Waals surface area contributed by atoms with E-state index >= 15 is 0 Å². The van der Waals surface area contributed by atoms with Crippen molar-refractivity contribution in [1.82, 2.24) is 5.32 Å². The third kappa shape index (κ3) is 5.00. The quantitative estimate of drug-likeness (QED) is 0.715. The van der Waals surface area contributed by atoms with Crippen LogP contribution in [0.3, 0.4) is 0 Å². The van der Waals surface area contributed by atoms with Gasteiger partial charge in [0.2, 0.25) is 0 Å². The molecule has 0 bridgehead atoms. The van der Waals surface area contributed by atoms with Crippen LogP contribution in [0.15, 0.2) is 36.9 Å². The molecule has 2 atom stereocenters. The minimum Gasteiger partial charge on any atom is -0.491 e. The standard InChI is InChI=1S/C14H18N2O2/c1-3-11(2)16-9-13(17)10-18-14-6-4-12(8-15)5-7-14/h3-7,11,13,16-17H,1,9-10H2,2H3. The molecule has 0 amide bonds. The molecule has 0 saturated carbocycles. The van der Waals surface area contributed by atoms with Crippen LogP contribution in [-0.2, 0) is 0 Å². The molecule has 0 aliphatic rings. The second-order valence-corrected chi connectivity index (χ2v) is 4.03. The first kappa shape index (κ1) is 14.2. The number of benzene rings is 1. The van der Waals surface area contributed by atoms with Gasteiger partial charge in [0.25, 0.3) is 0 Å². The molecule has 4 heteroatoms. The second-order valence-electron chi connectivity index (χ2n) is 4.03. The molecule has 1 aromatic rings. The average molecular weight is 246 g/mol. The SMILES string of the molecule is C=CC(C)NCC(O)COc1ccc(C#N)cc1.